The molecule has 0 spiro atoms. The minimum absolute atomic E-state index is 0.0839. The maximum atomic E-state index is 12.0. The molecule has 0 saturated carbocycles. The van der Waals surface area contributed by atoms with Gasteiger partial charge in [0.2, 0.25) is 5.43 Å². The molecule has 3 aromatic rings. The average Bonchev–Trinajstić information content (AvgIpc) is 2.69. The van der Waals surface area contributed by atoms with Crippen LogP contribution in [0.5, 0.6) is 0 Å². The fraction of sp³-hybridized carbons (Fsp3) is 0. The molecule has 0 amide bonds. The van der Waals surface area contributed by atoms with Crippen LogP contribution in [-0.2, 0) is 0 Å². The molecule has 3 rings (SSSR count). The van der Waals surface area contributed by atoms with E-state index in [1.807, 2.05) is 24.3 Å². The first-order valence-corrected chi connectivity index (χ1v) is 4.61. The Morgan fingerprint density at radius 3 is 2.87 bits per heavy atom. The van der Waals surface area contributed by atoms with E-state index >= 15 is 0 Å². The third-order valence-corrected chi connectivity index (χ3v) is 2.43. The smallest absolute Gasteiger partial charge is 0.215 e. The number of nitrogens with zero attached hydrogens (tertiary/aromatic N) is 1. The van der Waals surface area contributed by atoms with Crippen LogP contribution in [0, 0.1) is 0 Å². The fourth-order valence-electron chi connectivity index (χ4n) is 1.69. The molecule has 2 aromatic carbocycles. The first-order valence-electron chi connectivity index (χ1n) is 4.61. The molecule has 0 fully saturated rings. The summed E-state index contributed by atoms with van der Waals surface area (Å²) in [4.78, 5) is 16.0. The summed E-state index contributed by atoms with van der Waals surface area (Å²) in [7, 11) is 0. The number of oxazole rings is 1. The van der Waals surface area contributed by atoms with E-state index in [1.165, 1.54) is 6.39 Å². The van der Waals surface area contributed by atoms with E-state index in [1.54, 1.807) is 12.1 Å². The van der Waals surface area contributed by atoms with Gasteiger partial charge in [-0.15, -0.1) is 0 Å². The van der Waals surface area contributed by atoms with Gasteiger partial charge in [0.15, 0.2) is 17.5 Å². The lowest BCUT2D eigenvalue weighted by Crippen LogP contribution is -1.97. The predicted octanol–water partition coefficient (Wildman–Crippen LogP) is 2.34. The molecule has 0 N–H and O–H groups in total. The van der Waals surface area contributed by atoms with Gasteiger partial charge in [-0.2, -0.15) is 0 Å². The third-order valence-electron chi connectivity index (χ3n) is 2.43. The van der Waals surface area contributed by atoms with Gasteiger partial charge in [0.05, 0.1) is 0 Å². The Balaban J connectivity index is 2.71. The van der Waals surface area contributed by atoms with E-state index in [0.29, 0.717) is 16.5 Å². The summed E-state index contributed by atoms with van der Waals surface area (Å²) in [5.41, 5.74) is 0.826. The molecule has 1 aromatic heterocycles. The first-order chi connectivity index (χ1) is 7.36. The maximum absolute atomic E-state index is 12.0. The molecule has 1 heterocycles. The van der Waals surface area contributed by atoms with Crippen molar-refractivity contribution in [2.24, 2.45) is 0 Å². The van der Waals surface area contributed by atoms with E-state index in [4.69, 9.17) is 4.42 Å². The van der Waals surface area contributed by atoms with Gasteiger partial charge >= 0.3 is 0 Å². The van der Waals surface area contributed by atoms with Crippen LogP contribution in [0.4, 0.5) is 0 Å². The van der Waals surface area contributed by atoms with Gasteiger partial charge < -0.3 is 4.42 Å². The number of hydrogen-bond donors (Lipinski definition) is 0. The van der Waals surface area contributed by atoms with Crippen molar-refractivity contribution in [2.45, 2.75) is 0 Å². The molecule has 0 saturated heterocycles. The summed E-state index contributed by atoms with van der Waals surface area (Å²) in [6.45, 7) is 0. The number of benzene rings is 1. The normalized spacial score (nSPS) is 10.9. The van der Waals surface area contributed by atoms with E-state index in [2.05, 4.69) is 4.98 Å². The van der Waals surface area contributed by atoms with Gasteiger partial charge in [0.25, 0.3) is 0 Å². The van der Waals surface area contributed by atoms with Crippen molar-refractivity contribution in [3.63, 3.8) is 0 Å². The van der Waals surface area contributed by atoms with E-state index in [9.17, 15) is 4.79 Å². The van der Waals surface area contributed by atoms with E-state index < -0.39 is 0 Å². The molecule has 0 radical (unpaired) electrons. The lowest BCUT2D eigenvalue weighted by atomic mass is 10.2. The van der Waals surface area contributed by atoms with Gasteiger partial charge in [-0.3, -0.25) is 4.79 Å². The molecular formula is C12H7NO2. The van der Waals surface area contributed by atoms with Crippen molar-refractivity contribution in [3.05, 3.63) is 53.0 Å². The second-order valence-corrected chi connectivity index (χ2v) is 3.31. The fourth-order valence-corrected chi connectivity index (χ4v) is 1.69. The summed E-state index contributed by atoms with van der Waals surface area (Å²) in [5, 5.41) is 1.57. The van der Waals surface area contributed by atoms with Crippen LogP contribution >= 0.6 is 0 Å². The molecule has 3 nitrogen and oxygen atoms in total. The standard InChI is InChI=1S/C12H7NO2/c14-12-9-4-2-1-3-8(9)5-6-10-11(12)13-7-15-10/h1-7H. The van der Waals surface area contributed by atoms with Crippen LogP contribution in [0.1, 0.15) is 0 Å². The molecule has 0 aliphatic rings. The zero-order valence-electron chi connectivity index (χ0n) is 7.81. The first kappa shape index (κ1) is 8.17. The van der Waals surface area contributed by atoms with Crippen molar-refractivity contribution in [3.8, 4) is 0 Å². The van der Waals surface area contributed by atoms with Crippen LogP contribution < -0.4 is 5.43 Å². The Labute approximate surface area is 85.0 Å². The van der Waals surface area contributed by atoms with Gasteiger partial charge in [-0.05, 0) is 11.5 Å². The minimum Gasteiger partial charge on any atom is -0.443 e. The molecule has 0 aliphatic carbocycles. The summed E-state index contributed by atoms with van der Waals surface area (Å²) in [5.74, 6) is 0. The van der Waals surface area contributed by atoms with E-state index in [0.717, 1.165) is 5.39 Å². The molecule has 0 bridgehead atoms. The highest BCUT2D eigenvalue weighted by Gasteiger charge is 2.04. The predicted molar refractivity (Wildman–Crippen MR) is 57.8 cm³/mol. The van der Waals surface area contributed by atoms with Crippen LogP contribution in [-0.4, -0.2) is 4.98 Å². The van der Waals surface area contributed by atoms with Crippen molar-refractivity contribution < 1.29 is 4.42 Å². The Morgan fingerprint density at radius 1 is 1.07 bits per heavy atom. The average molecular weight is 197 g/mol. The monoisotopic (exact) mass is 197 g/mol. The van der Waals surface area contributed by atoms with Crippen molar-refractivity contribution >= 4 is 21.9 Å². The van der Waals surface area contributed by atoms with Crippen LogP contribution in [0.3, 0.4) is 0 Å². The van der Waals surface area contributed by atoms with Gasteiger partial charge in [0, 0.05) is 5.39 Å². The molecular weight excluding hydrogens is 190 g/mol. The molecule has 72 valence electrons. The molecule has 0 aliphatic heterocycles. The highest BCUT2D eigenvalue weighted by molar-refractivity contribution is 5.89. The number of fused-ring (bicyclic) bond motifs is 2. The highest BCUT2D eigenvalue weighted by Crippen LogP contribution is 2.13. The Bertz CT molecular complexity index is 700. The minimum atomic E-state index is -0.0839. The largest absolute Gasteiger partial charge is 0.443 e. The molecule has 0 atom stereocenters. The molecule has 0 unspecified atom stereocenters. The Hall–Kier alpha value is -2.16. The highest BCUT2D eigenvalue weighted by atomic mass is 16.3. The third kappa shape index (κ3) is 1.13. The number of aromatic nitrogens is 1. The van der Waals surface area contributed by atoms with Gasteiger partial charge in [0.1, 0.15) is 0 Å². The zero-order valence-corrected chi connectivity index (χ0v) is 7.81. The lowest BCUT2D eigenvalue weighted by Gasteiger charge is -1.87. The quantitative estimate of drug-likeness (QED) is 0.555. The Morgan fingerprint density at radius 2 is 1.93 bits per heavy atom. The second kappa shape index (κ2) is 2.92. The summed E-state index contributed by atoms with van der Waals surface area (Å²) < 4.78 is 5.12. The number of rotatable bonds is 0. The second-order valence-electron chi connectivity index (χ2n) is 3.31. The van der Waals surface area contributed by atoms with Crippen molar-refractivity contribution in [1.29, 1.82) is 0 Å². The number of hydrogen-bond acceptors (Lipinski definition) is 3. The van der Waals surface area contributed by atoms with Crippen LogP contribution in [0.15, 0.2) is 52.0 Å². The zero-order chi connectivity index (χ0) is 10.3. The SMILES string of the molecule is O=c1c2ccccc2ccc2ocnc12. The summed E-state index contributed by atoms with van der Waals surface area (Å²) in [6.07, 6.45) is 1.29. The molecule has 15 heavy (non-hydrogen) atoms. The van der Waals surface area contributed by atoms with Crippen molar-refractivity contribution in [1.82, 2.24) is 4.98 Å². The Kier molecular flexibility index (Phi) is 1.59. The van der Waals surface area contributed by atoms with Crippen LogP contribution in [0.2, 0.25) is 0 Å². The topological polar surface area (TPSA) is 43.1 Å². The van der Waals surface area contributed by atoms with Gasteiger partial charge in [-0.25, -0.2) is 4.98 Å². The van der Waals surface area contributed by atoms with Gasteiger partial charge in [-0.1, -0.05) is 30.3 Å². The summed E-state index contributed by atoms with van der Waals surface area (Å²) in [6, 6.07) is 11.1. The maximum Gasteiger partial charge on any atom is 0.215 e. The molecule has 3 heteroatoms. The lowest BCUT2D eigenvalue weighted by molar-refractivity contribution is 0.602. The van der Waals surface area contributed by atoms with E-state index in [-0.39, 0.29) is 5.43 Å². The summed E-state index contributed by atoms with van der Waals surface area (Å²) >= 11 is 0. The van der Waals surface area contributed by atoms with Crippen molar-refractivity contribution in [2.75, 3.05) is 0 Å². The van der Waals surface area contributed by atoms with Crippen LogP contribution in [0.25, 0.3) is 21.9 Å².